The van der Waals surface area contributed by atoms with Crippen LogP contribution < -0.4 is 5.32 Å². The second-order valence-electron chi connectivity index (χ2n) is 4.31. The first kappa shape index (κ1) is 12.4. The summed E-state index contributed by atoms with van der Waals surface area (Å²) in [5, 5.41) is 11.9. The number of carbonyl (C=O) groups is 1. The van der Waals surface area contributed by atoms with Crippen LogP contribution in [0.4, 0.5) is 0 Å². The average Bonchev–Trinajstić information content (AvgIpc) is 2.19. The summed E-state index contributed by atoms with van der Waals surface area (Å²) >= 11 is 0. The highest BCUT2D eigenvalue weighted by Crippen LogP contribution is 2.01. The number of ether oxygens (including phenoxy) is 1. The minimum Gasteiger partial charge on any atom is -0.480 e. The van der Waals surface area contributed by atoms with Crippen molar-refractivity contribution in [3.05, 3.63) is 0 Å². The highest BCUT2D eigenvalue weighted by Gasteiger charge is 2.25. The van der Waals surface area contributed by atoms with Crippen LogP contribution in [0.3, 0.4) is 0 Å². The molecular formula is C10H20N2O3. The number of morpholine rings is 1. The predicted octanol–water partition coefficient (Wildman–Crippen LogP) is -0.229. The van der Waals surface area contributed by atoms with Gasteiger partial charge in [-0.15, -0.1) is 0 Å². The summed E-state index contributed by atoms with van der Waals surface area (Å²) < 4.78 is 5.23. The Kier molecular flexibility index (Phi) is 4.50. The van der Waals surface area contributed by atoms with Gasteiger partial charge in [-0.1, -0.05) is 0 Å². The van der Waals surface area contributed by atoms with E-state index in [9.17, 15) is 4.79 Å². The van der Waals surface area contributed by atoms with E-state index in [1.54, 1.807) is 13.8 Å². The molecule has 1 aliphatic rings. The summed E-state index contributed by atoms with van der Waals surface area (Å²) in [5.41, 5.74) is -0.841. The molecule has 0 atom stereocenters. The molecule has 1 aliphatic heterocycles. The highest BCUT2D eigenvalue weighted by atomic mass is 16.5. The van der Waals surface area contributed by atoms with Crippen molar-refractivity contribution in [3.8, 4) is 0 Å². The molecule has 1 heterocycles. The second kappa shape index (κ2) is 5.44. The van der Waals surface area contributed by atoms with Crippen LogP contribution in [-0.4, -0.2) is 60.9 Å². The van der Waals surface area contributed by atoms with E-state index in [1.807, 2.05) is 0 Å². The molecule has 0 aromatic carbocycles. The molecule has 0 saturated carbocycles. The molecule has 88 valence electrons. The molecule has 15 heavy (non-hydrogen) atoms. The average molecular weight is 216 g/mol. The monoisotopic (exact) mass is 216 g/mol. The third kappa shape index (κ3) is 4.15. The van der Waals surface area contributed by atoms with Gasteiger partial charge in [0.25, 0.3) is 0 Å². The van der Waals surface area contributed by atoms with E-state index in [1.165, 1.54) is 0 Å². The van der Waals surface area contributed by atoms with Crippen LogP contribution >= 0.6 is 0 Å². The molecule has 0 aliphatic carbocycles. The van der Waals surface area contributed by atoms with Gasteiger partial charge in [0.2, 0.25) is 0 Å². The van der Waals surface area contributed by atoms with E-state index in [2.05, 4.69) is 10.2 Å². The van der Waals surface area contributed by atoms with E-state index < -0.39 is 11.5 Å². The standard InChI is InChI=1S/C10H20N2O3/c1-10(2,9(13)14)11-3-4-12-5-7-15-8-6-12/h11H,3-8H2,1-2H3,(H,13,14). The van der Waals surface area contributed by atoms with Gasteiger partial charge in [0.1, 0.15) is 5.54 Å². The van der Waals surface area contributed by atoms with Crippen molar-refractivity contribution in [1.82, 2.24) is 10.2 Å². The zero-order chi connectivity index (χ0) is 11.3. The zero-order valence-corrected chi connectivity index (χ0v) is 9.45. The SMILES string of the molecule is CC(C)(NCCN1CCOCC1)C(=O)O. The van der Waals surface area contributed by atoms with Crippen molar-refractivity contribution in [2.75, 3.05) is 39.4 Å². The Hall–Kier alpha value is -0.650. The Morgan fingerprint density at radius 1 is 1.47 bits per heavy atom. The van der Waals surface area contributed by atoms with Crippen LogP contribution in [0.2, 0.25) is 0 Å². The maximum atomic E-state index is 10.8. The molecule has 2 N–H and O–H groups in total. The van der Waals surface area contributed by atoms with Crippen LogP contribution in [0.15, 0.2) is 0 Å². The molecule has 5 nitrogen and oxygen atoms in total. The van der Waals surface area contributed by atoms with Gasteiger partial charge >= 0.3 is 5.97 Å². The maximum absolute atomic E-state index is 10.8. The van der Waals surface area contributed by atoms with E-state index >= 15 is 0 Å². The summed E-state index contributed by atoms with van der Waals surface area (Å²) in [6, 6.07) is 0. The quantitative estimate of drug-likeness (QED) is 0.665. The number of carboxylic acid groups (broad SMARTS) is 1. The molecule has 1 saturated heterocycles. The van der Waals surface area contributed by atoms with Gasteiger partial charge in [0.15, 0.2) is 0 Å². The van der Waals surface area contributed by atoms with Crippen molar-refractivity contribution in [2.24, 2.45) is 0 Å². The number of nitrogens with zero attached hydrogens (tertiary/aromatic N) is 1. The molecular weight excluding hydrogens is 196 g/mol. The Morgan fingerprint density at radius 2 is 2.07 bits per heavy atom. The smallest absolute Gasteiger partial charge is 0.323 e. The molecule has 0 spiro atoms. The molecule has 0 bridgehead atoms. The molecule has 0 unspecified atom stereocenters. The maximum Gasteiger partial charge on any atom is 0.323 e. The third-order valence-electron chi connectivity index (χ3n) is 2.63. The minimum absolute atomic E-state index is 0.694. The highest BCUT2D eigenvalue weighted by molar-refractivity contribution is 5.77. The van der Waals surface area contributed by atoms with Crippen molar-refractivity contribution in [1.29, 1.82) is 0 Å². The molecule has 0 amide bonds. The van der Waals surface area contributed by atoms with E-state index in [0.717, 1.165) is 32.8 Å². The number of rotatable bonds is 5. The van der Waals surface area contributed by atoms with Crippen LogP contribution in [0, 0.1) is 0 Å². The predicted molar refractivity (Wildman–Crippen MR) is 57.0 cm³/mol. The second-order valence-corrected chi connectivity index (χ2v) is 4.31. The first-order valence-electron chi connectivity index (χ1n) is 5.31. The fourth-order valence-corrected chi connectivity index (χ4v) is 1.43. The van der Waals surface area contributed by atoms with Crippen molar-refractivity contribution in [3.63, 3.8) is 0 Å². The van der Waals surface area contributed by atoms with Gasteiger partial charge in [0.05, 0.1) is 13.2 Å². The normalized spacial score (nSPS) is 19.1. The van der Waals surface area contributed by atoms with Crippen LogP contribution in [0.5, 0.6) is 0 Å². The first-order valence-corrected chi connectivity index (χ1v) is 5.31. The Bertz CT molecular complexity index is 213. The van der Waals surface area contributed by atoms with Gasteiger partial charge in [-0.3, -0.25) is 9.69 Å². The summed E-state index contributed by atoms with van der Waals surface area (Å²) in [6.07, 6.45) is 0. The fraction of sp³-hybridized carbons (Fsp3) is 0.900. The molecule has 1 fully saturated rings. The number of hydrogen-bond acceptors (Lipinski definition) is 4. The minimum atomic E-state index is -0.841. The van der Waals surface area contributed by atoms with Crippen LogP contribution in [0.25, 0.3) is 0 Å². The topological polar surface area (TPSA) is 61.8 Å². The summed E-state index contributed by atoms with van der Waals surface area (Å²) in [4.78, 5) is 13.1. The summed E-state index contributed by atoms with van der Waals surface area (Å²) in [7, 11) is 0. The number of aliphatic carboxylic acids is 1. The van der Waals surface area contributed by atoms with Crippen LogP contribution in [-0.2, 0) is 9.53 Å². The fourth-order valence-electron chi connectivity index (χ4n) is 1.43. The summed E-state index contributed by atoms with van der Waals surface area (Å²) in [6.45, 7) is 8.36. The van der Waals surface area contributed by atoms with Gasteiger partial charge in [-0.05, 0) is 13.8 Å². The summed E-state index contributed by atoms with van der Waals surface area (Å²) in [5.74, 6) is -0.815. The Morgan fingerprint density at radius 3 is 2.60 bits per heavy atom. The lowest BCUT2D eigenvalue weighted by molar-refractivity contribution is -0.143. The van der Waals surface area contributed by atoms with E-state index in [4.69, 9.17) is 9.84 Å². The lowest BCUT2D eigenvalue weighted by atomic mass is 10.1. The molecule has 1 rings (SSSR count). The number of carboxylic acids is 1. The van der Waals surface area contributed by atoms with Crippen molar-refractivity contribution in [2.45, 2.75) is 19.4 Å². The third-order valence-corrected chi connectivity index (χ3v) is 2.63. The van der Waals surface area contributed by atoms with Gasteiger partial charge in [-0.2, -0.15) is 0 Å². The van der Waals surface area contributed by atoms with Gasteiger partial charge in [0, 0.05) is 26.2 Å². The van der Waals surface area contributed by atoms with Gasteiger partial charge < -0.3 is 15.2 Å². The first-order chi connectivity index (χ1) is 7.02. The van der Waals surface area contributed by atoms with Crippen LogP contribution in [0.1, 0.15) is 13.8 Å². The zero-order valence-electron chi connectivity index (χ0n) is 9.45. The van der Waals surface area contributed by atoms with Gasteiger partial charge in [-0.25, -0.2) is 0 Å². The molecule has 0 aromatic rings. The lowest BCUT2D eigenvalue weighted by Gasteiger charge is -2.28. The number of hydrogen-bond donors (Lipinski definition) is 2. The molecule has 5 heteroatoms. The van der Waals surface area contributed by atoms with E-state index in [0.29, 0.717) is 6.54 Å². The van der Waals surface area contributed by atoms with E-state index in [-0.39, 0.29) is 0 Å². The largest absolute Gasteiger partial charge is 0.480 e. The molecule has 0 radical (unpaired) electrons. The Balaban J connectivity index is 2.17. The number of nitrogens with one attached hydrogen (secondary N) is 1. The molecule has 0 aromatic heterocycles. The van der Waals surface area contributed by atoms with Crippen molar-refractivity contribution >= 4 is 5.97 Å². The lowest BCUT2D eigenvalue weighted by Crippen LogP contribution is -2.50. The van der Waals surface area contributed by atoms with Crippen molar-refractivity contribution < 1.29 is 14.6 Å². The Labute approximate surface area is 90.4 Å².